The highest BCUT2D eigenvalue weighted by Crippen LogP contribution is 2.25. The largest absolute Gasteiger partial charge is 0.379 e. The van der Waals surface area contributed by atoms with Gasteiger partial charge in [0.25, 0.3) is 0 Å². The van der Waals surface area contributed by atoms with E-state index < -0.39 is 0 Å². The first kappa shape index (κ1) is 12.2. The third-order valence-corrected chi connectivity index (χ3v) is 4.17. The number of aromatic nitrogens is 2. The summed E-state index contributed by atoms with van der Waals surface area (Å²) >= 11 is 1.74. The zero-order valence-corrected chi connectivity index (χ0v) is 12.0. The minimum atomic E-state index is 0.851. The van der Waals surface area contributed by atoms with Gasteiger partial charge in [-0.15, -0.1) is 11.3 Å². The molecular weight excluding hydrogens is 254 g/mol. The summed E-state index contributed by atoms with van der Waals surface area (Å²) in [6, 6.07) is 10.6. The monoisotopic (exact) mass is 271 g/mol. The van der Waals surface area contributed by atoms with Crippen molar-refractivity contribution >= 4 is 27.2 Å². The highest BCUT2D eigenvalue weighted by Gasteiger charge is 2.03. The van der Waals surface area contributed by atoms with Gasteiger partial charge in [-0.2, -0.15) is 0 Å². The van der Waals surface area contributed by atoms with Crippen molar-refractivity contribution < 1.29 is 0 Å². The highest BCUT2D eigenvalue weighted by atomic mass is 32.1. The molecule has 0 radical (unpaired) electrons. The Bertz CT molecular complexity index is 696. The van der Waals surface area contributed by atoms with E-state index in [9.17, 15) is 0 Å². The molecule has 0 amide bonds. The fourth-order valence-corrected chi connectivity index (χ4v) is 3.13. The van der Waals surface area contributed by atoms with Crippen LogP contribution in [0, 0.1) is 6.92 Å². The maximum absolute atomic E-state index is 4.48. The SMILES string of the molecule is CCn1cccc1CNc1ccc2nc(C)sc2c1. The van der Waals surface area contributed by atoms with Crippen molar-refractivity contribution in [3.8, 4) is 0 Å². The lowest BCUT2D eigenvalue weighted by Gasteiger charge is -2.09. The minimum absolute atomic E-state index is 0.851. The second-order valence-electron chi connectivity index (χ2n) is 4.55. The van der Waals surface area contributed by atoms with Gasteiger partial charge >= 0.3 is 0 Å². The maximum Gasteiger partial charge on any atom is 0.0907 e. The molecule has 0 spiro atoms. The van der Waals surface area contributed by atoms with Gasteiger partial charge in [-0.05, 0) is 44.2 Å². The maximum atomic E-state index is 4.48. The second-order valence-corrected chi connectivity index (χ2v) is 5.79. The van der Waals surface area contributed by atoms with Gasteiger partial charge in [-0.1, -0.05) is 0 Å². The third-order valence-electron chi connectivity index (χ3n) is 3.23. The Hall–Kier alpha value is -1.81. The Balaban J connectivity index is 1.78. The third kappa shape index (κ3) is 2.49. The lowest BCUT2D eigenvalue weighted by Crippen LogP contribution is -2.05. The summed E-state index contributed by atoms with van der Waals surface area (Å²) in [5.41, 5.74) is 3.55. The Morgan fingerprint density at radius 1 is 1.32 bits per heavy atom. The van der Waals surface area contributed by atoms with E-state index in [4.69, 9.17) is 0 Å². The zero-order chi connectivity index (χ0) is 13.2. The number of hydrogen-bond acceptors (Lipinski definition) is 3. The first-order valence-electron chi connectivity index (χ1n) is 6.51. The average Bonchev–Trinajstić information content (AvgIpc) is 3.00. The molecule has 1 aromatic carbocycles. The summed E-state index contributed by atoms with van der Waals surface area (Å²) < 4.78 is 3.50. The molecule has 19 heavy (non-hydrogen) atoms. The Morgan fingerprint density at radius 2 is 2.21 bits per heavy atom. The predicted molar refractivity (Wildman–Crippen MR) is 81.8 cm³/mol. The standard InChI is InChI=1S/C15H17N3S/c1-3-18-8-4-5-13(18)10-16-12-6-7-14-15(9-12)19-11(2)17-14/h4-9,16H,3,10H2,1-2H3. The number of hydrogen-bond donors (Lipinski definition) is 1. The molecule has 0 aliphatic heterocycles. The quantitative estimate of drug-likeness (QED) is 0.776. The van der Waals surface area contributed by atoms with Crippen molar-refractivity contribution in [2.24, 2.45) is 0 Å². The number of anilines is 1. The van der Waals surface area contributed by atoms with Crippen LogP contribution in [0.1, 0.15) is 17.6 Å². The van der Waals surface area contributed by atoms with E-state index in [1.165, 1.54) is 10.4 Å². The van der Waals surface area contributed by atoms with Crippen molar-refractivity contribution in [3.05, 3.63) is 47.2 Å². The van der Waals surface area contributed by atoms with Crippen molar-refractivity contribution in [1.29, 1.82) is 0 Å². The molecule has 0 saturated carbocycles. The molecule has 3 nitrogen and oxygen atoms in total. The first-order valence-corrected chi connectivity index (χ1v) is 7.33. The summed E-state index contributed by atoms with van der Waals surface area (Å²) in [7, 11) is 0. The normalized spacial score (nSPS) is 11.1. The second kappa shape index (κ2) is 5.05. The van der Waals surface area contributed by atoms with Gasteiger partial charge < -0.3 is 9.88 Å². The fraction of sp³-hybridized carbons (Fsp3) is 0.267. The topological polar surface area (TPSA) is 29.9 Å². The number of benzene rings is 1. The molecule has 3 rings (SSSR count). The summed E-state index contributed by atoms with van der Waals surface area (Å²) in [4.78, 5) is 4.48. The number of fused-ring (bicyclic) bond motifs is 1. The van der Waals surface area contributed by atoms with E-state index in [1.54, 1.807) is 11.3 Å². The van der Waals surface area contributed by atoms with Crippen LogP contribution in [0.2, 0.25) is 0 Å². The molecule has 3 aromatic rings. The van der Waals surface area contributed by atoms with Gasteiger partial charge in [0.2, 0.25) is 0 Å². The molecule has 2 heterocycles. The van der Waals surface area contributed by atoms with Gasteiger partial charge in [0, 0.05) is 24.1 Å². The molecule has 0 aliphatic rings. The van der Waals surface area contributed by atoms with Crippen molar-refractivity contribution in [1.82, 2.24) is 9.55 Å². The summed E-state index contributed by atoms with van der Waals surface area (Å²) in [6.45, 7) is 6.07. The van der Waals surface area contributed by atoms with Crippen molar-refractivity contribution in [3.63, 3.8) is 0 Å². The Labute approximate surface area is 116 Å². The smallest absolute Gasteiger partial charge is 0.0907 e. The zero-order valence-electron chi connectivity index (χ0n) is 11.2. The molecule has 0 aliphatic carbocycles. The van der Waals surface area contributed by atoms with E-state index >= 15 is 0 Å². The van der Waals surface area contributed by atoms with Crippen LogP contribution in [0.15, 0.2) is 36.5 Å². The van der Waals surface area contributed by atoms with E-state index in [-0.39, 0.29) is 0 Å². The van der Waals surface area contributed by atoms with Crippen LogP contribution in [0.25, 0.3) is 10.2 Å². The van der Waals surface area contributed by atoms with Crippen molar-refractivity contribution in [2.75, 3.05) is 5.32 Å². The lowest BCUT2D eigenvalue weighted by atomic mass is 10.3. The van der Waals surface area contributed by atoms with E-state index in [1.807, 2.05) is 6.92 Å². The molecule has 0 fully saturated rings. The fourth-order valence-electron chi connectivity index (χ4n) is 2.26. The Kier molecular flexibility index (Phi) is 3.25. The van der Waals surface area contributed by atoms with Crippen LogP contribution < -0.4 is 5.32 Å². The van der Waals surface area contributed by atoms with Crippen LogP contribution in [-0.4, -0.2) is 9.55 Å². The van der Waals surface area contributed by atoms with Crippen LogP contribution >= 0.6 is 11.3 Å². The average molecular weight is 271 g/mol. The molecular formula is C15H17N3S. The Morgan fingerprint density at radius 3 is 3.05 bits per heavy atom. The van der Waals surface area contributed by atoms with Crippen LogP contribution in [0.5, 0.6) is 0 Å². The van der Waals surface area contributed by atoms with E-state index in [0.717, 1.165) is 29.3 Å². The number of rotatable bonds is 4. The lowest BCUT2D eigenvalue weighted by molar-refractivity contribution is 0.724. The summed E-state index contributed by atoms with van der Waals surface area (Å²) in [5, 5.41) is 4.60. The molecule has 0 saturated heterocycles. The number of aryl methyl sites for hydroxylation is 2. The molecule has 1 N–H and O–H groups in total. The minimum Gasteiger partial charge on any atom is -0.379 e. The molecule has 0 atom stereocenters. The van der Waals surface area contributed by atoms with E-state index in [2.05, 4.69) is 58.3 Å². The summed E-state index contributed by atoms with van der Waals surface area (Å²) in [5.74, 6) is 0. The highest BCUT2D eigenvalue weighted by molar-refractivity contribution is 7.18. The van der Waals surface area contributed by atoms with Crippen LogP contribution in [0.3, 0.4) is 0 Å². The molecule has 2 aromatic heterocycles. The predicted octanol–water partition coefficient (Wildman–Crippen LogP) is 4.04. The van der Waals surface area contributed by atoms with Gasteiger partial charge in [0.05, 0.1) is 21.8 Å². The van der Waals surface area contributed by atoms with Gasteiger partial charge in [0.1, 0.15) is 0 Å². The molecule has 4 heteroatoms. The number of thiazole rings is 1. The van der Waals surface area contributed by atoms with Gasteiger partial charge in [-0.25, -0.2) is 4.98 Å². The molecule has 0 bridgehead atoms. The van der Waals surface area contributed by atoms with Crippen LogP contribution in [0.4, 0.5) is 5.69 Å². The van der Waals surface area contributed by atoms with E-state index in [0.29, 0.717) is 0 Å². The molecule has 98 valence electrons. The number of nitrogens with one attached hydrogen (secondary N) is 1. The molecule has 0 unspecified atom stereocenters. The van der Waals surface area contributed by atoms with Gasteiger partial charge in [-0.3, -0.25) is 0 Å². The van der Waals surface area contributed by atoms with Gasteiger partial charge in [0.15, 0.2) is 0 Å². The van der Waals surface area contributed by atoms with Crippen molar-refractivity contribution in [2.45, 2.75) is 26.9 Å². The number of nitrogens with zero attached hydrogens (tertiary/aromatic N) is 2. The first-order chi connectivity index (χ1) is 9.26. The van der Waals surface area contributed by atoms with Crippen LogP contribution in [-0.2, 0) is 13.1 Å². The summed E-state index contributed by atoms with van der Waals surface area (Å²) in [6.07, 6.45) is 2.12.